The Bertz CT molecular complexity index is 1070. The first-order valence-corrected chi connectivity index (χ1v) is 11.5. The Morgan fingerprint density at radius 1 is 1.03 bits per heavy atom. The maximum Gasteiger partial charge on any atom is 0.258 e. The lowest BCUT2D eigenvalue weighted by Gasteiger charge is -2.72. The largest absolute Gasteiger partial charge is 0.492 e. The summed E-state index contributed by atoms with van der Waals surface area (Å²) in [6, 6.07) is 8.57. The number of rotatable bonds is 8. The van der Waals surface area contributed by atoms with Gasteiger partial charge in [0.15, 0.2) is 6.61 Å². The Hall–Kier alpha value is -2.13. The minimum absolute atomic E-state index is 0.00720. The molecule has 1 amide bonds. The number of carbonyl (C=O) groups excluding carboxylic acids is 1. The Labute approximate surface area is 199 Å². The predicted octanol–water partition coefficient (Wildman–Crippen LogP) is 3.66. The molecule has 2 atom stereocenters. The maximum atomic E-state index is 13.6. The summed E-state index contributed by atoms with van der Waals surface area (Å²) < 4.78 is 38.1. The lowest BCUT2D eigenvalue weighted by Crippen LogP contribution is -2.80. The topological polar surface area (TPSA) is 71.6 Å². The quantitative estimate of drug-likeness (QED) is 0.519. The Morgan fingerprint density at radius 2 is 1.64 bits per heavy atom. The highest BCUT2D eigenvalue weighted by Gasteiger charge is 2.71. The van der Waals surface area contributed by atoms with Crippen LogP contribution >= 0.6 is 23.2 Å². The van der Waals surface area contributed by atoms with Crippen LogP contribution in [0.25, 0.3) is 0 Å². The molecule has 10 heteroatoms. The van der Waals surface area contributed by atoms with Gasteiger partial charge in [-0.1, -0.05) is 23.2 Å². The third-order valence-electron chi connectivity index (χ3n) is 6.66. The van der Waals surface area contributed by atoms with Crippen molar-refractivity contribution in [3.63, 3.8) is 0 Å². The fourth-order valence-corrected chi connectivity index (χ4v) is 5.47. The van der Waals surface area contributed by atoms with Crippen molar-refractivity contribution in [1.29, 1.82) is 0 Å². The average Bonchev–Trinajstić information content (AvgIpc) is 3.20. The molecule has 33 heavy (non-hydrogen) atoms. The van der Waals surface area contributed by atoms with Crippen LogP contribution in [0.1, 0.15) is 19.3 Å². The zero-order chi connectivity index (χ0) is 23.2. The van der Waals surface area contributed by atoms with E-state index < -0.39 is 11.6 Å². The van der Waals surface area contributed by atoms with E-state index in [4.69, 9.17) is 32.7 Å². The van der Waals surface area contributed by atoms with Gasteiger partial charge in [0, 0.05) is 29.6 Å². The summed E-state index contributed by atoms with van der Waals surface area (Å²) in [5.74, 6) is -0.617. The minimum Gasteiger partial charge on any atom is -0.492 e. The van der Waals surface area contributed by atoms with E-state index in [0.717, 1.165) is 31.9 Å². The van der Waals surface area contributed by atoms with Crippen LogP contribution in [0.5, 0.6) is 11.5 Å². The zero-order valence-corrected chi connectivity index (χ0v) is 19.1. The summed E-state index contributed by atoms with van der Waals surface area (Å²) in [4.78, 5) is 12.3. The molecular weight excluding hydrogens is 475 g/mol. The molecule has 4 fully saturated rings. The van der Waals surface area contributed by atoms with Crippen LogP contribution in [0, 0.1) is 17.0 Å². The number of hydrogen-bond acceptors (Lipinski definition) is 5. The van der Waals surface area contributed by atoms with Gasteiger partial charge in [-0.2, -0.15) is 0 Å². The molecule has 2 aromatic carbocycles. The molecule has 3 N–H and O–H groups in total. The van der Waals surface area contributed by atoms with E-state index in [1.54, 1.807) is 6.07 Å². The molecule has 3 saturated carbocycles. The molecular formula is C23H23Cl2F2N3O3. The molecule has 2 aromatic rings. The molecule has 1 heterocycles. The molecule has 2 unspecified atom stereocenters. The Kier molecular flexibility index (Phi) is 5.89. The van der Waals surface area contributed by atoms with Crippen molar-refractivity contribution in [2.45, 2.75) is 37.0 Å². The van der Waals surface area contributed by atoms with E-state index >= 15 is 0 Å². The number of hydrogen-bond donors (Lipinski definition) is 3. The SMILES string of the molecule is O=C(COc1ccc(Cl)c(F)c1)NC12CC(C3NCC(COc4ccc(Cl)c(F)c4)N3)(C1)C2. The normalized spacial score (nSPS) is 29.7. The molecule has 1 aliphatic heterocycles. The monoisotopic (exact) mass is 497 g/mol. The number of amides is 1. The standard InChI is InChI=1S/C23H23Cl2F2N3O3/c24-16-3-1-14(5-18(16)26)32-8-13-7-28-21(29-13)22-10-23(11-22,12-22)30-20(31)9-33-15-2-4-17(25)19(27)6-15/h1-6,13,21,28-29H,7-12H2,(H,30,31). The van der Waals surface area contributed by atoms with Crippen molar-refractivity contribution < 1.29 is 23.0 Å². The number of ether oxygens (including phenoxy) is 2. The van der Waals surface area contributed by atoms with Gasteiger partial charge in [0.05, 0.1) is 22.3 Å². The lowest BCUT2D eigenvalue weighted by atomic mass is 9.38. The van der Waals surface area contributed by atoms with Crippen LogP contribution < -0.4 is 25.4 Å². The molecule has 0 radical (unpaired) electrons. The van der Waals surface area contributed by atoms with Gasteiger partial charge in [0.1, 0.15) is 29.7 Å². The number of nitrogens with one attached hydrogen (secondary N) is 3. The highest BCUT2D eigenvalue weighted by molar-refractivity contribution is 6.31. The molecule has 1 saturated heterocycles. The van der Waals surface area contributed by atoms with Crippen molar-refractivity contribution in [2.75, 3.05) is 19.8 Å². The van der Waals surface area contributed by atoms with E-state index in [1.807, 2.05) is 0 Å². The second-order valence-corrected chi connectivity index (χ2v) is 9.99. The van der Waals surface area contributed by atoms with E-state index in [1.165, 1.54) is 24.3 Å². The second kappa shape index (κ2) is 8.58. The predicted molar refractivity (Wildman–Crippen MR) is 120 cm³/mol. The van der Waals surface area contributed by atoms with E-state index in [-0.39, 0.29) is 51.5 Å². The summed E-state index contributed by atoms with van der Waals surface area (Å²) in [5, 5.41) is 10.2. The zero-order valence-electron chi connectivity index (χ0n) is 17.6. The highest BCUT2D eigenvalue weighted by atomic mass is 35.5. The molecule has 6 rings (SSSR count). The molecule has 6 nitrogen and oxygen atoms in total. The van der Waals surface area contributed by atoms with Crippen molar-refractivity contribution in [2.24, 2.45) is 5.41 Å². The molecule has 0 spiro atoms. The Morgan fingerprint density at radius 3 is 2.24 bits per heavy atom. The number of benzene rings is 2. The molecule has 176 valence electrons. The third-order valence-corrected chi connectivity index (χ3v) is 7.28. The maximum absolute atomic E-state index is 13.6. The minimum atomic E-state index is -0.587. The Balaban J connectivity index is 1.04. The summed E-state index contributed by atoms with van der Waals surface area (Å²) in [6.07, 6.45) is 2.77. The van der Waals surface area contributed by atoms with Gasteiger partial charge in [-0.05, 0) is 43.5 Å². The van der Waals surface area contributed by atoms with Gasteiger partial charge < -0.3 is 14.8 Å². The first-order chi connectivity index (χ1) is 15.8. The van der Waals surface area contributed by atoms with Crippen LogP contribution in [0.15, 0.2) is 36.4 Å². The van der Waals surface area contributed by atoms with E-state index in [9.17, 15) is 13.6 Å². The first-order valence-electron chi connectivity index (χ1n) is 10.7. The van der Waals surface area contributed by atoms with Gasteiger partial charge in [-0.25, -0.2) is 8.78 Å². The lowest BCUT2D eigenvalue weighted by molar-refractivity contribution is -0.183. The van der Waals surface area contributed by atoms with Crippen molar-refractivity contribution in [3.8, 4) is 11.5 Å². The van der Waals surface area contributed by atoms with Gasteiger partial charge in [-0.15, -0.1) is 0 Å². The smallest absolute Gasteiger partial charge is 0.258 e. The van der Waals surface area contributed by atoms with Crippen molar-refractivity contribution in [1.82, 2.24) is 16.0 Å². The summed E-state index contributed by atoms with van der Waals surface area (Å²) in [5.41, 5.74) is -0.0843. The van der Waals surface area contributed by atoms with Crippen LogP contribution in [-0.4, -0.2) is 43.4 Å². The molecule has 2 bridgehead atoms. The summed E-state index contributed by atoms with van der Waals surface area (Å²) in [7, 11) is 0. The second-order valence-electron chi connectivity index (χ2n) is 9.18. The average molecular weight is 498 g/mol. The van der Waals surface area contributed by atoms with Gasteiger partial charge in [-0.3, -0.25) is 15.4 Å². The number of carbonyl (C=O) groups is 1. The van der Waals surface area contributed by atoms with E-state index in [2.05, 4.69) is 16.0 Å². The van der Waals surface area contributed by atoms with Crippen molar-refractivity contribution >= 4 is 29.1 Å². The van der Waals surface area contributed by atoms with Gasteiger partial charge in [0.25, 0.3) is 5.91 Å². The number of halogens is 4. The van der Waals surface area contributed by atoms with Gasteiger partial charge in [0.2, 0.25) is 0 Å². The third kappa shape index (κ3) is 4.49. The van der Waals surface area contributed by atoms with Crippen molar-refractivity contribution in [3.05, 3.63) is 58.1 Å². The molecule has 3 aliphatic carbocycles. The van der Waals surface area contributed by atoms with Crippen LogP contribution in [0.2, 0.25) is 10.0 Å². The fraction of sp³-hybridized carbons (Fsp3) is 0.435. The van der Waals surface area contributed by atoms with Gasteiger partial charge >= 0.3 is 0 Å². The summed E-state index contributed by atoms with van der Waals surface area (Å²) >= 11 is 11.3. The van der Waals surface area contributed by atoms with Crippen LogP contribution in [0.4, 0.5) is 8.78 Å². The van der Waals surface area contributed by atoms with E-state index in [0.29, 0.717) is 12.4 Å². The summed E-state index contributed by atoms with van der Waals surface area (Å²) in [6.45, 7) is 0.971. The highest BCUT2D eigenvalue weighted by Crippen LogP contribution is 2.68. The molecule has 0 aromatic heterocycles. The van der Waals surface area contributed by atoms with Crippen LogP contribution in [0.3, 0.4) is 0 Å². The first kappa shape index (κ1) is 22.7. The molecule has 4 aliphatic rings. The van der Waals surface area contributed by atoms with Crippen LogP contribution in [-0.2, 0) is 4.79 Å². The fourth-order valence-electron chi connectivity index (χ4n) is 5.23.